The lowest BCUT2D eigenvalue weighted by Gasteiger charge is -2.23. The zero-order chi connectivity index (χ0) is 8.20. The highest BCUT2D eigenvalue weighted by Crippen LogP contribution is 2.01. The van der Waals surface area contributed by atoms with Crippen LogP contribution in [0.25, 0.3) is 0 Å². The smallest absolute Gasteiger partial charge is 0.0777 e. The van der Waals surface area contributed by atoms with Gasteiger partial charge in [-0.3, -0.25) is 0 Å². The zero-order valence-electron chi connectivity index (χ0n) is 8.15. The maximum atomic E-state index is 2.43. The van der Waals surface area contributed by atoms with Crippen molar-refractivity contribution in [3.05, 3.63) is 0 Å². The predicted molar refractivity (Wildman–Crippen MR) is 51.2 cm³/mol. The third-order valence-electron chi connectivity index (χ3n) is 1.61. The van der Waals surface area contributed by atoms with Gasteiger partial charge in [0, 0.05) is 8.80 Å². The number of quaternary nitrogens is 1. The van der Waals surface area contributed by atoms with E-state index in [-0.39, 0.29) is 8.80 Å². The molecule has 62 valence electrons. The van der Waals surface area contributed by atoms with Gasteiger partial charge in [-0.15, -0.1) is 0 Å². The van der Waals surface area contributed by atoms with Gasteiger partial charge in [-0.25, -0.2) is 0 Å². The molecule has 0 radical (unpaired) electrons. The van der Waals surface area contributed by atoms with Crippen LogP contribution in [0, 0.1) is 0 Å². The summed E-state index contributed by atoms with van der Waals surface area (Å²) in [7, 11) is 6.53. The second-order valence-corrected chi connectivity index (χ2v) is 7.92. The lowest BCUT2D eigenvalue weighted by molar-refractivity contribution is -0.870. The summed E-state index contributed by atoms with van der Waals surface area (Å²) in [5.74, 6) is 0. The third-order valence-corrected chi connectivity index (χ3v) is 3.17. The predicted octanol–water partition coefficient (Wildman–Crippen LogP) is 1.57. The summed E-state index contributed by atoms with van der Waals surface area (Å²) in [6, 6.07) is 1.51. The second-order valence-electron chi connectivity index (χ2n) is 4.55. The summed E-state index contributed by atoms with van der Waals surface area (Å²) < 4.78 is 1.13. The lowest BCUT2D eigenvalue weighted by atomic mass is 10.4. The summed E-state index contributed by atoms with van der Waals surface area (Å²) in [6.45, 7) is 6.19. The molecule has 0 unspecified atom stereocenters. The Kier molecular flexibility index (Phi) is 4.21. The van der Waals surface area contributed by atoms with Crippen LogP contribution in [0.2, 0.25) is 19.1 Å². The van der Waals surface area contributed by atoms with Gasteiger partial charge in [-0.1, -0.05) is 19.1 Å². The molecule has 0 bridgehead atoms. The standard InChI is InChI=1S/C8H22NSi/c1-9(2,3)7-6-8-10(4)5/h10H,6-8H2,1-5H3/q+1. The number of hydrogen-bond acceptors (Lipinski definition) is 0. The van der Waals surface area contributed by atoms with E-state index in [1.807, 2.05) is 0 Å². The van der Waals surface area contributed by atoms with E-state index in [9.17, 15) is 0 Å². The van der Waals surface area contributed by atoms with Gasteiger partial charge in [0.25, 0.3) is 0 Å². The SMILES string of the molecule is C[SiH](C)CCC[N+](C)(C)C. The highest BCUT2D eigenvalue weighted by molar-refractivity contribution is 6.55. The number of nitrogens with zero attached hydrogens (tertiary/aromatic N) is 1. The molecule has 0 amide bonds. The molecule has 0 saturated heterocycles. The molecule has 0 rings (SSSR count). The lowest BCUT2D eigenvalue weighted by Crippen LogP contribution is -2.35. The van der Waals surface area contributed by atoms with Crippen LogP contribution in [0.3, 0.4) is 0 Å². The Balaban J connectivity index is 3.21. The van der Waals surface area contributed by atoms with Crippen molar-refractivity contribution in [2.45, 2.75) is 25.6 Å². The molecule has 10 heavy (non-hydrogen) atoms. The molecule has 0 heterocycles. The van der Waals surface area contributed by atoms with Crippen molar-refractivity contribution in [1.29, 1.82) is 0 Å². The fraction of sp³-hybridized carbons (Fsp3) is 1.00. The van der Waals surface area contributed by atoms with Crippen LogP contribution >= 0.6 is 0 Å². The van der Waals surface area contributed by atoms with E-state index < -0.39 is 0 Å². The fourth-order valence-corrected chi connectivity index (χ4v) is 1.97. The maximum Gasteiger partial charge on any atom is 0.0777 e. The minimum absolute atomic E-state index is 0.270. The average molecular weight is 160 g/mol. The van der Waals surface area contributed by atoms with Gasteiger partial charge >= 0.3 is 0 Å². The highest BCUT2D eigenvalue weighted by Gasteiger charge is 2.06. The Morgan fingerprint density at radius 2 is 1.60 bits per heavy atom. The van der Waals surface area contributed by atoms with Gasteiger partial charge < -0.3 is 4.48 Å². The molecule has 0 N–H and O–H groups in total. The van der Waals surface area contributed by atoms with Gasteiger partial charge in [0.05, 0.1) is 27.7 Å². The van der Waals surface area contributed by atoms with E-state index in [0.717, 1.165) is 4.48 Å². The Morgan fingerprint density at radius 3 is 1.90 bits per heavy atom. The normalized spacial score (nSPS) is 12.6. The largest absolute Gasteiger partial charge is 0.331 e. The molecule has 0 fully saturated rings. The Morgan fingerprint density at radius 1 is 1.10 bits per heavy atom. The Hall–Kier alpha value is 0.177. The molecule has 0 aromatic rings. The minimum atomic E-state index is -0.270. The molecule has 0 aliphatic carbocycles. The Labute approximate surface area is 67.2 Å². The molecule has 0 aromatic carbocycles. The molecule has 0 atom stereocenters. The van der Waals surface area contributed by atoms with Crippen molar-refractivity contribution in [1.82, 2.24) is 0 Å². The first-order chi connectivity index (χ1) is 4.42. The van der Waals surface area contributed by atoms with Crippen LogP contribution in [0.4, 0.5) is 0 Å². The zero-order valence-corrected chi connectivity index (χ0v) is 9.30. The van der Waals surface area contributed by atoms with Gasteiger partial charge in [0.2, 0.25) is 0 Å². The first-order valence-corrected chi connectivity index (χ1v) is 7.35. The second kappa shape index (κ2) is 4.14. The van der Waals surface area contributed by atoms with Crippen molar-refractivity contribution in [2.24, 2.45) is 0 Å². The van der Waals surface area contributed by atoms with Crippen molar-refractivity contribution in [3.8, 4) is 0 Å². The topological polar surface area (TPSA) is 0 Å². The van der Waals surface area contributed by atoms with Crippen molar-refractivity contribution < 1.29 is 4.48 Å². The molecule has 0 saturated carbocycles. The van der Waals surface area contributed by atoms with E-state index >= 15 is 0 Å². The van der Waals surface area contributed by atoms with Gasteiger partial charge in [-0.05, 0) is 6.42 Å². The highest BCUT2D eigenvalue weighted by atomic mass is 28.3. The molecule has 0 aliphatic heterocycles. The molecule has 1 nitrogen and oxygen atoms in total. The summed E-state index contributed by atoms with van der Waals surface area (Å²) in [5, 5.41) is 0. The van der Waals surface area contributed by atoms with E-state index in [0.29, 0.717) is 0 Å². The van der Waals surface area contributed by atoms with Crippen molar-refractivity contribution in [3.63, 3.8) is 0 Å². The average Bonchev–Trinajstić information content (AvgIpc) is 1.59. The molecule has 0 aliphatic rings. The summed E-state index contributed by atoms with van der Waals surface area (Å²) in [6.07, 6.45) is 1.42. The van der Waals surface area contributed by atoms with Crippen LogP contribution in [0.1, 0.15) is 6.42 Å². The Bertz CT molecular complexity index is 83.7. The van der Waals surface area contributed by atoms with E-state index in [2.05, 4.69) is 34.2 Å². The monoisotopic (exact) mass is 160 g/mol. The van der Waals surface area contributed by atoms with Crippen LogP contribution in [-0.4, -0.2) is 41.0 Å². The van der Waals surface area contributed by atoms with Crippen molar-refractivity contribution >= 4 is 8.80 Å². The summed E-state index contributed by atoms with van der Waals surface area (Å²) in [4.78, 5) is 0. The van der Waals surface area contributed by atoms with Gasteiger partial charge in [0.1, 0.15) is 0 Å². The number of rotatable bonds is 4. The molecule has 0 spiro atoms. The van der Waals surface area contributed by atoms with Gasteiger partial charge in [0.15, 0.2) is 0 Å². The van der Waals surface area contributed by atoms with Crippen LogP contribution in [-0.2, 0) is 0 Å². The van der Waals surface area contributed by atoms with Crippen LogP contribution < -0.4 is 0 Å². The van der Waals surface area contributed by atoms with E-state index in [4.69, 9.17) is 0 Å². The van der Waals surface area contributed by atoms with Crippen molar-refractivity contribution in [2.75, 3.05) is 27.7 Å². The van der Waals surface area contributed by atoms with Crippen LogP contribution in [0.5, 0.6) is 0 Å². The summed E-state index contributed by atoms with van der Waals surface area (Å²) >= 11 is 0. The maximum absolute atomic E-state index is 2.43. The fourth-order valence-electron chi connectivity index (χ4n) is 0.974. The third kappa shape index (κ3) is 8.18. The van der Waals surface area contributed by atoms with E-state index in [1.54, 1.807) is 0 Å². The van der Waals surface area contributed by atoms with E-state index in [1.165, 1.54) is 19.0 Å². The first-order valence-electron chi connectivity index (χ1n) is 4.22. The summed E-state index contributed by atoms with van der Waals surface area (Å²) in [5.41, 5.74) is 0. The minimum Gasteiger partial charge on any atom is -0.331 e. The first kappa shape index (κ1) is 10.2. The van der Waals surface area contributed by atoms with Gasteiger partial charge in [-0.2, -0.15) is 0 Å². The van der Waals surface area contributed by atoms with Crippen LogP contribution in [0.15, 0.2) is 0 Å². The molecular formula is C8H22NSi+. The molecule has 2 heteroatoms. The quantitative estimate of drug-likeness (QED) is 0.432. The molecule has 0 aromatic heterocycles. The number of hydrogen-bond donors (Lipinski definition) is 0. The molecular weight excluding hydrogens is 138 g/mol.